The lowest BCUT2D eigenvalue weighted by atomic mass is 9.96. The molecule has 5 heterocycles. The average molecular weight is 524 g/mol. The molecule has 3 aromatic heterocycles. The zero-order valence-electron chi connectivity index (χ0n) is 22.3. The average Bonchev–Trinajstić information content (AvgIpc) is 3.49. The van der Waals surface area contributed by atoms with Crippen molar-refractivity contribution in [2.75, 3.05) is 46.6 Å². The molecule has 8 nitrogen and oxygen atoms in total. The van der Waals surface area contributed by atoms with Gasteiger partial charge in [0.05, 0.1) is 49.7 Å². The van der Waals surface area contributed by atoms with Crippen LogP contribution in [0, 0.1) is 17.2 Å². The molecule has 0 amide bonds. The molecule has 0 bridgehead atoms. The number of benzene rings is 1. The predicted octanol–water partition coefficient (Wildman–Crippen LogP) is 5.00. The molecule has 2 aliphatic rings. The van der Waals surface area contributed by atoms with Gasteiger partial charge in [-0.25, -0.2) is 9.97 Å². The summed E-state index contributed by atoms with van der Waals surface area (Å²) in [7, 11) is 1.75. The van der Waals surface area contributed by atoms with E-state index in [0.717, 1.165) is 90.6 Å². The van der Waals surface area contributed by atoms with Gasteiger partial charge < -0.3 is 19.1 Å². The van der Waals surface area contributed by atoms with Crippen LogP contribution in [0.15, 0.2) is 55.1 Å². The van der Waals surface area contributed by atoms with Crippen molar-refractivity contribution in [2.45, 2.75) is 25.7 Å². The lowest BCUT2D eigenvalue weighted by molar-refractivity contribution is 0.0961. The van der Waals surface area contributed by atoms with Crippen molar-refractivity contribution < 1.29 is 14.2 Å². The third-order valence-corrected chi connectivity index (χ3v) is 7.70. The summed E-state index contributed by atoms with van der Waals surface area (Å²) in [5, 5.41) is 9.35. The van der Waals surface area contributed by atoms with Gasteiger partial charge in [0.25, 0.3) is 0 Å². The van der Waals surface area contributed by atoms with Gasteiger partial charge in [-0.15, -0.1) is 0 Å². The zero-order valence-corrected chi connectivity index (χ0v) is 22.3. The standard InChI is InChI=1S/C31H33N5O3/c1-37-13-11-35-10-2-4-23(19-35)20-39-29-15-27(24-8-6-22(16-32)7-9-24)30(36-21-33-18-28(29)36)26-14-25-5-3-12-38-31(25)34-17-26/h6-9,14-15,17-18,21,23H,2-5,10-13,19-20H2,1H3. The van der Waals surface area contributed by atoms with Gasteiger partial charge in [-0.2, -0.15) is 5.26 Å². The first-order chi connectivity index (χ1) is 19.2. The summed E-state index contributed by atoms with van der Waals surface area (Å²) in [6, 6.07) is 14.2. The van der Waals surface area contributed by atoms with Crippen LogP contribution in [0.25, 0.3) is 27.9 Å². The van der Waals surface area contributed by atoms with Crippen LogP contribution >= 0.6 is 0 Å². The van der Waals surface area contributed by atoms with E-state index in [2.05, 4.69) is 37.5 Å². The molecule has 0 radical (unpaired) electrons. The maximum atomic E-state index is 9.35. The van der Waals surface area contributed by atoms with Crippen molar-refractivity contribution in [1.29, 1.82) is 5.26 Å². The predicted molar refractivity (Wildman–Crippen MR) is 149 cm³/mol. The summed E-state index contributed by atoms with van der Waals surface area (Å²) in [6.07, 6.45) is 9.84. The number of piperidine rings is 1. The third-order valence-electron chi connectivity index (χ3n) is 7.70. The van der Waals surface area contributed by atoms with Gasteiger partial charge in [0, 0.05) is 49.0 Å². The maximum Gasteiger partial charge on any atom is 0.216 e. The summed E-state index contributed by atoms with van der Waals surface area (Å²) in [5.41, 5.74) is 6.66. The molecule has 0 aliphatic carbocycles. The van der Waals surface area contributed by atoms with E-state index < -0.39 is 0 Å². The fourth-order valence-electron chi connectivity index (χ4n) is 5.70. The highest BCUT2D eigenvalue weighted by Crippen LogP contribution is 2.39. The molecule has 6 rings (SSSR count). The van der Waals surface area contributed by atoms with Crippen LogP contribution in [-0.4, -0.2) is 65.8 Å². The molecule has 200 valence electrons. The SMILES string of the molecule is COCCN1CCCC(COc2cc(-c3ccc(C#N)cc3)c(-c3cnc4c(c3)CCCO4)n3cncc23)C1. The van der Waals surface area contributed by atoms with E-state index in [1.54, 1.807) is 7.11 Å². The van der Waals surface area contributed by atoms with Crippen LogP contribution in [0.1, 0.15) is 30.4 Å². The van der Waals surface area contributed by atoms with Crippen LogP contribution in [-0.2, 0) is 11.2 Å². The number of imidazole rings is 1. The molecule has 1 unspecified atom stereocenters. The topological polar surface area (TPSA) is 84.9 Å². The Morgan fingerprint density at radius 2 is 2.03 bits per heavy atom. The fourth-order valence-corrected chi connectivity index (χ4v) is 5.70. The van der Waals surface area contributed by atoms with Crippen molar-refractivity contribution in [2.24, 2.45) is 5.92 Å². The number of methoxy groups -OCH3 is 1. The minimum absolute atomic E-state index is 0.460. The molecule has 8 heteroatoms. The molecule has 1 atom stereocenters. The number of likely N-dealkylation sites (tertiary alicyclic amines) is 1. The van der Waals surface area contributed by atoms with Crippen LogP contribution in [0.2, 0.25) is 0 Å². The van der Waals surface area contributed by atoms with Crippen molar-refractivity contribution in [3.63, 3.8) is 0 Å². The molecule has 1 aromatic carbocycles. The normalized spacial score (nSPS) is 17.4. The molecule has 0 saturated carbocycles. The van der Waals surface area contributed by atoms with Crippen LogP contribution < -0.4 is 9.47 Å². The number of ether oxygens (including phenoxy) is 3. The Bertz CT molecular complexity index is 1490. The van der Waals surface area contributed by atoms with Crippen molar-refractivity contribution in [3.8, 4) is 40.1 Å². The van der Waals surface area contributed by atoms with Crippen LogP contribution in [0.4, 0.5) is 0 Å². The second kappa shape index (κ2) is 11.4. The largest absolute Gasteiger partial charge is 0.491 e. The maximum absolute atomic E-state index is 9.35. The van der Waals surface area contributed by atoms with Crippen molar-refractivity contribution in [3.05, 3.63) is 66.2 Å². The molecule has 39 heavy (non-hydrogen) atoms. The number of aromatic nitrogens is 3. The molecule has 0 spiro atoms. The summed E-state index contributed by atoms with van der Waals surface area (Å²) < 4.78 is 19.7. The molecular formula is C31H33N5O3. The molecule has 4 aromatic rings. The number of fused-ring (bicyclic) bond motifs is 2. The Kier molecular flexibility index (Phi) is 7.44. The number of aryl methyl sites for hydroxylation is 1. The van der Waals surface area contributed by atoms with E-state index in [1.165, 1.54) is 6.42 Å². The number of pyridine rings is 2. The molecule has 0 N–H and O–H groups in total. The summed E-state index contributed by atoms with van der Waals surface area (Å²) >= 11 is 0. The van der Waals surface area contributed by atoms with Gasteiger partial charge in [0.15, 0.2) is 0 Å². The Balaban J connectivity index is 1.38. The van der Waals surface area contributed by atoms with Gasteiger partial charge in [0.1, 0.15) is 11.3 Å². The third kappa shape index (κ3) is 5.33. The van der Waals surface area contributed by atoms with Crippen molar-refractivity contribution >= 4 is 5.52 Å². The Morgan fingerprint density at radius 3 is 2.87 bits per heavy atom. The Labute approximate surface area is 228 Å². The van der Waals surface area contributed by atoms with Gasteiger partial charge in [-0.05, 0) is 62.1 Å². The highest BCUT2D eigenvalue weighted by atomic mass is 16.5. The number of rotatable bonds is 8. The number of nitriles is 1. The monoisotopic (exact) mass is 523 g/mol. The van der Waals surface area contributed by atoms with Gasteiger partial charge in [0.2, 0.25) is 5.88 Å². The number of hydrogen-bond acceptors (Lipinski definition) is 7. The minimum atomic E-state index is 0.460. The van der Waals surface area contributed by atoms with Gasteiger partial charge >= 0.3 is 0 Å². The summed E-state index contributed by atoms with van der Waals surface area (Å²) in [4.78, 5) is 11.6. The second-order valence-electron chi connectivity index (χ2n) is 10.4. The Morgan fingerprint density at radius 1 is 1.13 bits per heavy atom. The number of hydrogen-bond donors (Lipinski definition) is 0. The molecule has 2 aliphatic heterocycles. The summed E-state index contributed by atoms with van der Waals surface area (Å²) in [5.74, 6) is 1.99. The first-order valence-corrected chi connectivity index (χ1v) is 13.7. The van der Waals surface area contributed by atoms with Gasteiger partial charge in [-0.3, -0.25) is 4.40 Å². The minimum Gasteiger partial charge on any atom is -0.491 e. The lowest BCUT2D eigenvalue weighted by Gasteiger charge is -2.32. The number of nitrogens with zero attached hydrogens (tertiary/aromatic N) is 5. The summed E-state index contributed by atoms with van der Waals surface area (Å²) in [6.45, 7) is 5.19. The quantitative estimate of drug-likeness (QED) is 0.321. The lowest BCUT2D eigenvalue weighted by Crippen LogP contribution is -2.39. The van der Waals surface area contributed by atoms with E-state index in [1.807, 2.05) is 43.0 Å². The zero-order chi connectivity index (χ0) is 26.6. The van der Waals surface area contributed by atoms with Gasteiger partial charge in [-0.1, -0.05) is 12.1 Å². The van der Waals surface area contributed by atoms with E-state index in [0.29, 0.717) is 24.7 Å². The van der Waals surface area contributed by atoms with Crippen LogP contribution in [0.5, 0.6) is 11.6 Å². The smallest absolute Gasteiger partial charge is 0.216 e. The Hall–Kier alpha value is -3.93. The van der Waals surface area contributed by atoms with E-state index in [4.69, 9.17) is 14.2 Å². The first-order valence-electron chi connectivity index (χ1n) is 13.7. The molecular weight excluding hydrogens is 490 g/mol. The van der Waals surface area contributed by atoms with E-state index in [-0.39, 0.29) is 0 Å². The van der Waals surface area contributed by atoms with E-state index >= 15 is 0 Å². The van der Waals surface area contributed by atoms with E-state index in [9.17, 15) is 5.26 Å². The first kappa shape index (κ1) is 25.4. The molecule has 1 saturated heterocycles. The molecule has 1 fully saturated rings. The second-order valence-corrected chi connectivity index (χ2v) is 10.4. The van der Waals surface area contributed by atoms with Crippen molar-refractivity contribution in [1.82, 2.24) is 19.3 Å². The highest BCUT2D eigenvalue weighted by molar-refractivity contribution is 5.86. The highest BCUT2D eigenvalue weighted by Gasteiger charge is 2.23. The van der Waals surface area contributed by atoms with Crippen LogP contribution in [0.3, 0.4) is 0 Å². The fraction of sp³-hybridized carbons (Fsp3) is 0.387.